The summed E-state index contributed by atoms with van der Waals surface area (Å²) in [7, 11) is -2.31. The maximum absolute atomic E-state index is 5.33. The van der Waals surface area contributed by atoms with Gasteiger partial charge in [-0.2, -0.15) is 0 Å². The Labute approximate surface area is 250 Å². The van der Waals surface area contributed by atoms with Crippen LogP contribution in [0.1, 0.15) is 43.4 Å². The Morgan fingerprint density at radius 2 is 0.927 bits per heavy atom. The Balaban J connectivity index is 1.60. The van der Waals surface area contributed by atoms with Crippen LogP contribution >= 0.6 is 22.7 Å². The molecule has 0 unspecified atom stereocenters. The topological polar surface area (TPSA) is 25.8 Å². The Bertz CT molecular complexity index is 1920. The third kappa shape index (κ3) is 4.44. The molecule has 0 radical (unpaired) electrons. The van der Waals surface area contributed by atoms with E-state index in [4.69, 9.17) is 9.97 Å². The molecule has 1 aliphatic heterocycles. The van der Waals surface area contributed by atoms with E-state index in [2.05, 4.69) is 126 Å². The summed E-state index contributed by atoms with van der Waals surface area (Å²) in [6, 6.07) is 31.3. The number of aryl methyl sites for hydroxylation is 4. The summed E-state index contributed by atoms with van der Waals surface area (Å²) in [6.45, 7) is 13.7. The lowest BCUT2D eigenvalue weighted by atomic mass is 9.90. The van der Waals surface area contributed by atoms with Crippen LogP contribution in [0.5, 0.6) is 0 Å². The van der Waals surface area contributed by atoms with Crippen molar-refractivity contribution in [3.63, 3.8) is 0 Å². The first-order chi connectivity index (χ1) is 19.7. The molecule has 0 atom stereocenters. The monoisotopic (exact) mass is 584 g/mol. The molecule has 41 heavy (non-hydrogen) atoms. The zero-order chi connectivity index (χ0) is 28.5. The van der Waals surface area contributed by atoms with Gasteiger partial charge in [0.1, 0.15) is 18.1 Å². The number of hydrogen-bond acceptors (Lipinski definition) is 4. The van der Waals surface area contributed by atoms with Crippen molar-refractivity contribution in [3.05, 3.63) is 128 Å². The molecule has 2 nitrogen and oxygen atoms in total. The van der Waals surface area contributed by atoms with Gasteiger partial charge in [-0.3, -0.25) is 0 Å². The summed E-state index contributed by atoms with van der Waals surface area (Å²) < 4.78 is 2.49. The minimum Gasteiger partial charge on any atom is -0.237 e. The molecule has 4 aromatic carbocycles. The Morgan fingerprint density at radius 1 is 0.512 bits per heavy atom. The van der Waals surface area contributed by atoms with Crippen LogP contribution in [0, 0.1) is 27.7 Å². The van der Waals surface area contributed by atoms with Crippen molar-refractivity contribution in [1.29, 1.82) is 0 Å². The van der Waals surface area contributed by atoms with Crippen LogP contribution < -0.4 is 0 Å². The molecular weight excluding hydrogens is 553 g/mol. The van der Waals surface area contributed by atoms with E-state index in [-0.39, 0.29) is 0 Å². The lowest BCUT2D eigenvalue weighted by molar-refractivity contribution is 1.41. The fraction of sp³-hybridized carbons (Fsp3) is 0.167. The van der Waals surface area contributed by atoms with Gasteiger partial charge in [0.25, 0.3) is 0 Å². The molecule has 7 rings (SSSR count). The molecule has 0 saturated carbocycles. The predicted molar refractivity (Wildman–Crippen MR) is 182 cm³/mol. The Hall–Kier alpha value is -3.64. The molecule has 6 aromatic rings. The van der Waals surface area contributed by atoms with E-state index < -0.39 is 8.07 Å². The summed E-state index contributed by atoms with van der Waals surface area (Å²) in [4.78, 5) is 10.7. The van der Waals surface area contributed by atoms with Gasteiger partial charge in [0.05, 0.1) is 20.4 Å². The van der Waals surface area contributed by atoms with Gasteiger partial charge in [-0.05, 0) is 95.8 Å². The van der Waals surface area contributed by atoms with Crippen LogP contribution in [0.2, 0.25) is 13.1 Å². The van der Waals surface area contributed by atoms with Gasteiger partial charge >= 0.3 is 0 Å². The van der Waals surface area contributed by atoms with Crippen molar-refractivity contribution < 1.29 is 0 Å². The van der Waals surface area contributed by atoms with Crippen molar-refractivity contribution in [2.75, 3.05) is 0 Å². The highest BCUT2D eigenvalue weighted by Crippen LogP contribution is 2.57. The van der Waals surface area contributed by atoms with Crippen LogP contribution in [0.3, 0.4) is 0 Å². The maximum Gasteiger partial charge on any atom is 0.121 e. The van der Waals surface area contributed by atoms with E-state index >= 15 is 0 Å². The van der Waals surface area contributed by atoms with E-state index in [1.54, 1.807) is 0 Å². The van der Waals surface area contributed by atoms with Gasteiger partial charge in [-0.1, -0.05) is 84.9 Å². The summed E-state index contributed by atoms with van der Waals surface area (Å²) in [5.74, 6) is 0. The number of benzene rings is 4. The van der Waals surface area contributed by atoms with E-state index in [1.807, 2.05) is 22.7 Å². The van der Waals surface area contributed by atoms with E-state index in [9.17, 15) is 0 Å². The average molecular weight is 585 g/mol. The third-order valence-electron chi connectivity index (χ3n) is 8.13. The second kappa shape index (κ2) is 9.73. The molecule has 0 amide bonds. The highest BCUT2D eigenvalue weighted by molar-refractivity contribution is 7.27. The molecule has 0 aliphatic carbocycles. The van der Waals surface area contributed by atoms with Gasteiger partial charge in [0, 0.05) is 0 Å². The highest BCUT2D eigenvalue weighted by atomic mass is 32.1. The van der Waals surface area contributed by atoms with Crippen molar-refractivity contribution in [2.24, 2.45) is 0 Å². The zero-order valence-electron chi connectivity index (χ0n) is 24.3. The minimum absolute atomic E-state index is 1.09. The van der Waals surface area contributed by atoms with Crippen molar-refractivity contribution >= 4 is 72.7 Å². The molecule has 0 bridgehead atoms. The van der Waals surface area contributed by atoms with Gasteiger partial charge in [-0.25, -0.2) is 9.97 Å². The second-order valence-corrected chi connectivity index (χ2v) is 18.2. The van der Waals surface area contributed by atoms with Gasteiger partial charge in [-0.15, -0.1) is 22.7 Å². The average Bonchev–Trinajstić information content (AvgIpc) is 3.59. The normalized spacial score (nSPS) is 15.1. The molecule has 2 aromatic heterocycles. The van der Waals surface area contributed by atoms with Gasteiger partial charge < -0.3 is 0 Å². The fourth-order valence-corrected chi connectivity index (χ4v) is 13.1. The van der Waals surface area contributed by atoms with E-state index in [1.165, 1.54) is 64.3 Å². The van der Waals surface area contributed by atoms with Crippen molar-refractivity contribution in [3.8, 4) is 0 Å². The first-order valence-corrected chi connectivity index (χ1v) is 18.7. The predicted octanol–water partition coefficient (Wildman–Crippen LogP) is 10.5. The molecular formula is C36H32N2S2Si. The minimum atomic E-state index is -2.31. The first-order valence-electron chi connectivity index (χ1n) is 14.1. The van der Waals surface area contributed by atoms with Crippen LogP contribution in [0.4, 0.5) is 0 Å². The van der Waals surface area contributed by atoms with Crippen LogP contribution in [0.25, 0.3) is 42.0 Å². The number of nitrogens with zero attached hydrogens (tertiary/aromatic N) is 2. The molecule has 0 spiro atoms. The van der Waals surface area contributed by atoms with Crippen molar-refractivity contribution in [1.82, 2.24) is 9.97 Å². The van der Waals surface area contributed by atoms with Gasteiger partial charge in [0.15, 0.2) is 0 Å². The third-order valence-corrected chi connectivity index (χ3v) is 14.1. The molecule has 0 saturated heterocycles. The fourth-order valence-electron chi connectivity index (χ4n) is 6.22. The van der Waals surface area contributed by atoms with E-state index in [0.717, 1.165) is 21.0 Å². The number of thiazole rings is 2. The standard InChI is InChI=1S/C36H32N2S2Si/c1-21-9-7-11-25(17-21)31-32(26-12-8-10-22(2)18-26)34(36-38-28-20-24(4)14-16-30(28)40-36)41(5,6)33(31)35-37-27-19-23(3)13-15-29(27)39-35/h7-20H,1-6H3. The molecule has 0 N–H and O–H groups in total. The molecule has 202 valence electrons. The number of fused-ring (bicyclic) bond motifs is 2. The lowest BCUT2D eigenvalue weighted by Crippen LogP contribution is -2.28. The summed E-state index contributed by atoms with van der Waals surface area (Å²) >= 11 is 3.67. The molecule has 1 aliphatic rings. The molecule has 5 heteroatoms. The van der Waals surface area contributed by atoms with E-state index in [0.29, 0.717) is 0 Å². The molecule has 0 fully saturated rings. The SMILES string of the molecule is Cc1cccc(C2=C(c3nc4cc(C)ccc4s3)[Si](C)(C)C(c3nc4cc(C)ccc4s3)=C2c2cccc(C)c2)c1. The van der Waals surface area contributed by atoms with Crippen LogP contribution in [-0.2, 0) is 0 Å². The summed E-state index contributed by atoms with van der Waals surface area (Å²) in [5.41, 5.74) is 12.4. The lowest BCUT2D eigenvalue weighted by Gasteiger charge is -2.23. The largest absolute Gasteiger partial charge is 0.237 e. The number of hydrogen-bond donors (Lipinski definition) is 0. The summed E-state index contributed by atoms with van der Waals surface area (Å²) in [5, 5.41) is 5.14. The number of aromatic nitrogens is 2. The smallest absolute Gasteiger partial charge is 0.121 e. The maximum atomic E-state index is 5.33. The van der Waals surface area contributed by atoms with Crippen molar-refractivity contribution in [2.45, 2.75) is 40.8 Å². The van der Waals surface area contributed by atoms with Gasteiger partial charge in [0.2, 0.25) is 0 Å². The van der Waals surface area contributed by atoms with Crippen LogP contribution in [-0.4, -0.2) is 18.0 Å². The summed E-state index contributed by atoms with van der Waals surface area (Å²) in [6.07, 6.45) is 0. The quantitative estimate of drug-likeness (QED) is 0.193. The Morgan fingerprint density at radius 3 is 1.34 bits per heavy atom. The Kier molecular flexibility index (Phi) is 6.23. The first kappa shape index (κ1) is 26.3. The zero-order valence-corrected chi connectivity index (χ0v) is 26.9. The second-order valence-electron chi connectivity index (χ2n) is 11.8. The number of rotatable bonds is 4. The molecule has 3 heterocycles. The highest BCUT2D eigenvalue weighted by Gasteiger charge is 2.46. The number of allylic oxidation sites excluding steroid dienone is 2. The van der Waals surface area contributed by atoms with Crippen LogP contribution in [0.15, 0.2) is 84.9 Å².